The molecule has 2 heterocycles. The molecule has 3 aromatic rings. The third kappa shape index (κ3) is 4.66. The highest BCUT2D eigenvalue weighted by Gasteiger charge is 2.45. The van der Waals surface area contributed by atoms with E-state index in [1.807, 2.05) is 36.4 Å². The fourth-order valence-electron chi connectivity index (χ4n) is 5.49. The highest BCUT2D eigenvalue weighted by atomic mass is 16.5. The maximum Gasteiger partial charge on any atom is 0.273 e. The average Bonchev–Trinajstić information content (AvgIpc) is 3.46. The first-order valence-electron chi connectivity index (χ1n) is 13.0. The van der Waals surface area contributed by atoms with Gasteiger partial charge in [0.25, 0.3) is 5.91 Å². The lowest BCUT2D eigenvalue weighted by atomic mass is 9.91. The van der Waals surface area contributed by atoms with E-state index in [1.54, 1.807) is 7.11 Å². The summed E-state index contributed by atoms with van der Waals surface area (Å²) in [5, 5.41) is 7.69. The number of nitrogens with zero attached hydrogens (tertiary/aromatic N) is 2. The van der Waals surface area contributed by atoms with Crippen molar-refractivity contribution in [1.29, 1.82) is 0 Å². The molecule has 6 nitrogen and oxygen atoms in total. The molecule has 1 aliphatic heterocycles. The van der Waals surface area contributed by atoms with Gasteiger partial charge in [-0.3, -0.25) is 9.89 Å². The number of benzene rings is 2. The predicted molar refractivity (Wildman–Crippen MR) is 137 cm³/mol. The van der Waals surface area contributed by atoms with Crippen LogP contribution in [0.1, 0.15) is 85.9 Å². The number of ether oxygens (including phenoxy) is 2. The number of rotatable bonds is 9. The van der Waals surface area contributed by atoms with Crippen LogP contribution in [0.15, 0.2) is 48.5 Å². The smallest absolute Gasteiger partial charge is 0.273 e. The zero-order chi connectivity index (χ0) is 24.2. The highest BCUT2D eigenvalue weighted by Crippen LogP contribution is 2.46. The Labute approximate surface area is 207 Å². The summed E-state index contributed by atoms with van der Waals surface area (Å²) < 4.78 is 11.3. The number of carbonyl (C=O) groups excluding carboxylic acids is 1. The summed E-state index contributed by atoms with van der Waals surface area (Å²) in [6, 6.07) is 16.3. The van der Waals surface area contributed by atoms with Crippen molar-refractivity contribution in [3.63, 3.8) is 0 Å². The summed E-state index contributed by atoms with van der Waals surface area (Å²) in [4.78, 5) is 15.8. The number of nitrogens with one attached hydrogen (secondary N) is 1. The lowest BCUT2D eigenvalue weighted by Gasteiger charge is -2.36. The van der Waals surface area contributed by atoms with Gasteiger partial charge in [0.15, 0.2) is 0 Å². The lowest BCUT2D eigenvalue weighted by Crippen LogP contribution is -2.40. The molecule has 1 atom stereocenters. The molecule has 35 heavy (non-hydrogen) atoms. The van der Waals surface area contributed by atoms with Gasteiger partial charge in [-0.05, 0) is 61.2 Å². The van der Waals surface area contributed by atoms with Crippen molar-refractivity contribution >= 4 is 5.91 Å². The average molecular weight is 474 g/mol. The van der Waals surface area contributed by atoms with E-state index < -0.39 is 0 Å². The topological polar surface area (TPSA) is 67.5 Å². The molecule has 1 aliphatic carbocycles. The van der Waals surface area contributed by atoms with Crippen LogP contribution >= 0.6 is 0 Å². The van der Waals surface area contributed by atoms with Crippen molar-refractivity contribution in [3.05, 3.63) is 65.4 Å². The van der Waals surface area contributed by atoms with E-state index in [2.05, 4.69) is 34.2 Å². The van der Waals surface area contributed by atoms with Crippen LogP contribution in [-0.4, -0.2) is 40.8 Å². The summed E-state index contributed by atoms with van der Waals surface area (Å²) in [5.41, 5.74) is 4.50. The van der Waals surface area contributed by atoms with Crippen LogP contribution in [0.4, 0.5) is 0 Å². The number of hydrogen-bond donors (Lipinski definition) is 1. The molecule has 1 aromatic heterocycles. The maximum atomic E-state index is 13.7. The lowest BCUT2D eigenvalue weighted by molar-refractivity contribution is 0.0606. The third-order valence-corrected chi connectivity index (χ3v) is 7.35. The minimum Gasteiger partial charge on any atom is -0.497 e. The van der Waals surface area contributed by atoms with Crippen molar-refractivity contribution in [2.45, 2.75) is 70.4 Å². The molecular weight excluding hydrogens is 438 g/mol. The molecule has 2 aromatic carbocycles. The second-order valence-electron chi connectivity index (χ2n) is 9.62. The Hall–Kier alpha value is -3.28. The number of amides is 1. The van der Waals surface area contributed by atoms with Gasteiger partial charge < -0.3 is 14.4 Å². The number of fused-ring (bicyclic) bond motifs is 1. The van der Waals surface area contributed by atoms with Crippen LogP contribution in [0.2, 0.25) is 0 Å². The summed E-state index contributed by atoms with van der Waals surface area (Å²) in [6.07, 6.45) is 9.11. The summed E-state index contributed by atoms with van der Waals surface area (Å²) in [7, 11) is 1.66. The summed E-state index contributed by atoms with van der Waals surface area (Å²) in [6.45, 7) is 2.93. The summed E-state index contributed by atoms with van der Waals surface area (Å²) in [5.74, 6) is 1.73. The Morgan fingerprint density at radius 3 is 2.37 bits per heavy atom. The molecule has 184 valence electrons. The largest absolute Gasteiger partial charge is 0.497 e. The van der Waals surface area contributed by atoms with Crippen LogP contribution in [0.5, 0.6) is 11.5 Å². The number of H-pyrrole nitrogens is 1. The van der Waals surface area contributed by atoms with E-state index in [4.69, 9.17) is 9.47 Å². The number of carbonyl (C=O) groups is 1. The first-order valence-corrected chi connectivity index (χ1v) is 13.0. The fraction of sp³-hybridized carbons (Fsp3) is 0.448. The van der Waals surface area contributed by atoms with Crippen LogP contribution in [0.3, 0.4) is 0 Å². The van der Waals surface area contributed by atoms with Crippen molar-refractivity contribution in [2.75, 3.05) is 13.7 Å². The Balaban J connectivity index is 1.50. The first kappa shape index (κ1) is 23.5. The SMILES string of the molecule is CCCCCOc1ccc(C2c3c(-c4ccc(OC)cc4)n[nH]c3C(=O)N2C2CCCCC2)cc1. The van der Waals surface area contributed by atoms with Crippen LogP contribution in [0.25, 0.3) is 11.3 Å². The summed E-state index contributed by atoms with van der Waals surface area (Å²) >= 11 is 0. The van der Waals surface area contributed by atoms with E-state index in [0.717, 1.165) is 59.8 Å². The Morgan fingerprint density at radius 2 is 1.69 bits per heavy atom. The van der Waals surface area contributed by atoms with Crippen molar-refractivity contribution < 1.29 is 14.3 Å². The molecule has 6 heteroatoms. The number of unbranched alkanes of at least 4 members (excludes halogenated alkanes) is 2. The van der Waals surface area contributed by atoms with Gasteiger partial charge in [-0.15, -0.1) is 0 Å². The second kappa shape index (κ2) is 10.5. The molecule has 0 bridgehead atoms. The molecule has 5 rings (SSSR count). The molecular formula is C29H35N3O3. The Bertz CT molecular complexity index is 1130. The van der Waals surface area contributed by atoms with E-state index in [9.17, 15) is 4.79 Å². The number of aromatic amines is 1. The molecule has 2 aliphatic rings. The zero-order valence-corrected chi connectivity index (χ0v) is 20.8. The monoisotopic (exact) mass is 473 g/mol. The minimum absolute atomic E-state index is 0.0593. The molecule has 0 saturated heterocycles. The van der Waals surface area contributed by atoms with Crippen molar-refractivity contribution in [2.24, 2.45) is 0 Å². The van der Waals surface area contributed by atoms with Gasteiger partial charge in [0, 0.05) is 17.2 Å². The Kier molecular flexibility index (Phi) is 7.07. The van der Waals surface area contributed by atoms with Gasteiger partial charge in [0.1, 0.15) is 17.2 Å². The van der Waals surface area contributed by atoms with Crippen molar-refractivity contribution in [3.8, 4) is 22.8 Å². The van der Waals surface area contributed by atoms with Crippen LogP contribution in [-0.2, 0) is 0 Å². The normalized spacial score (nSPS) is 18.1. The first-order chi connectivity index (χ1) is 17.2. The maximum absolute atomic E-state index is 13.7. The molecule has 0 spiro atoms. The van der Waals surface area contributed by atoms with Gasteiger partial charge in [-0.25, -0.2) is 0 Å². The predicted octanol–water partition coefficient (Wildman–Crippen LogP) is 6.53. The highest BCUT2D eigenvalue weighted by molar-refractivity contribution is 6.00. The number of aromatic nitrogens is 2. The van der Waals surface area contributed by atoms with Gasteiger partial charge in [-0.1, -0.05) is 51.2 Å². The van der Waals surface area contributed by atoms with Crippen LogP contribution in [0, 0.1) is 0 Å². The van der Waals surface area contributed by atoms with E-state index >= 15 is 0 Å². The number of hydrogen-bond acceptors (Lipinski definition) is 4. The Morgan fingerprint density at radius 1 is 0.971 bits per heavy atom. The minimum atomic E-state index is -0.161. The molecule has 1 amide bonds. The second-order valence-corrected chi connectivity index (χ2v) is 9.62. The molecule has 1 saturated carbocycles. The number of methoxy groups -OCH3 is 1. The van der Waals surface area contributed by atoms with E-state index in [1.165, 1.54) is 32.1 Å². The van der Waals surface area contributed by atoms with Crippen molar-refractivity contribution in [1.82, 2.24) is 15.1 Å². The standard InChI is InChI=1S/C29H35N3O3/c1-3-4-8-19-35-24-17-13-21(14-18-24)28-25-26(20-11-15-23(34-2)16-12-20)30-31-27(25)29(33)32(28)22-9-6-5-7-10-22/h11-18,22,28H,3-10,19H2,1-2H3,(H,30,31). The quantitative estimate of drug-likeness (QED) is 0.359. The molecule has 1 N–H and O–H groups in total. The van der Waals surface area contributed by atoms with Crippen LogP contribution < -0.4 is 9.47 Å². The van der Waals surface area contributed by atoms with Gasteiger partial charge in [0.2, 0.25) is 0 Å². The van der Waals surface area contributed by atoms with Gasteiger partial charge >= 0.3 is 0 Å². The van der Waals surface area contributed by atoms with E-state index in [-0.39, 0.29) is 18.0 Å². The molecule has 0 radical (unpaired) electrons. The molecule has 1 unspecified atom stereocenters. The van der Waals surface area contributed by atoms with Gasteiger partial charge in [0.05, 0.1) is 25.5 Å². The zero-order valence-electron chi connectivity index (χ0n) is 20.8. The fourth-order valence-corrected chi connectivity index (χ4v) is 5.49. The molecule has 1 fully saturated rings. The van der Waals surface area contributed by atoms with E-state index in [0.29, 0.717) is 5.69 Å². The third-order valence-electron chi connectivity index (χ3n) is 7.35. The van der Waals surface area contributed by atoms with Gasteiger partial charge in [-0.2, -0.15) is 5.10 Å².